The Morgan fingerprint density at radius 3 is 2.33 bits per heavy atom. The predicted octanol–water partition coefficient (Wildman–Crippen LogP) is 3.61. The summed E-state index contributed by atoms with van der Waals surface area (Å²) in [6, 6.07) is 4.31. The van der Waals surface area contributed by atoms with Gasteiger partial charge in [0.2, 0.25) is 0 Å². The molecule has 1 heterocycles. The molecule has 78 valence electrons. The summed E-state index contributed by atoms with van der Waals surface area (Å²) in [5.74, 6) is 0. The maximum Gasteiger partial charge on any atom is 0.180 e. The van der Waals surface area contributed by atoms with E-state index in [0.29, 0.717) is 5.13 Å². The third kappa shape index (κ3) is 2.15. The Morgan fingerprint density at radius 1 is 1.27 bits per heavy atom. The van der Waals surface area contributed by atoms with Crippen LogP contribution < -0.4 is 5.73 Å². The van der Waals surface area contributed by atoms with E-state index >= 15 is 0 Å². The predicted molar refractivity (Wildman–Crippen MR) is 74.2 cm³/mol. The van der Waals surface area contributed by atoms with Gasteiger partial charge in [0, 0.05) is 14.5 Å². The minimum atomic E-state index is 0.624. The first-order chi connectivity index (χ1) is 7.08. The van der Waals surface area contributed by atoms with Gasteiger partial charge >= 0.3 is 0 Å². The number of aromatic nitrogens is 1. The summed E-state index contributed by atoms with van der Waals surface area (Å²) in [7, 11) is 0. The normalized spacial score (nSPS) is 10.6. The second kappa shape index (κ2) is 4.09. The first kappa shape index (κ1) is 10.9. The number of thiazole rings is 1. The summed E-state index contributed by atoms with van der Waals surface area (Å²) in [6.45, 7) is 4.24. The molecule has 0 unspecified atom stereocenters. The molecule has 0 saturated heterocycles. The van der Waals surface area contributed by atoms with Crippen molar-refractivity contribution in [2.75, 3.05) is 5.73 Å². The zero-order valence-electron chi connectivity index (χ0n) is 8.54. The van der Waals surface area contributed by atoms with Crippen LogP contribution in [0.2, 0.25) is 0 Å². The number of aryl methyl sites for hydroxylation is 2. The van der Waals surface area contributed by atoms with Gasteiger partial charge in [-0.25, -0.2) is 4.98 Å². The van der Waals surface area contributed by atoms with Gasteiger partial charge in [-0.2, -0.15) is 0 Å². The second-order valence-electron chi connectivity index (χ2n) is 3.50. The van der Waals surface area contributed by atoms with Crippen LogP contribution in [0.25, 0.3) is 11.3 Å². The largest absolute Gasteiger partial charge is 0.375 e. The maximum atomic E-state index is 5.63. The molecule has 1 aromatic carbocycles. The molecule has 0 radical (unpaired) electrons. The molecule has 0 aliphatic rings. The van der Waals surface area contributed by atoms with Gasteiger partial charge in [-0.05, 0) is 59.7 Å². The highest BCUT2D eigenvalue weighted by atomic mass is 127. The van der Waals surface area contributed by atoms with Crippen LogP contribution in [-0.2, 0) is 0 Å². The SMILES string of the molecule is Cc1cc(-c2csc(N)n2)cc(C)c1I. The van der Waals surface area contributed by atoms with Gasteiger partial charge in [-0.15, -0.1) is 11.3 Å². The first-order valence-electron chi connectivity index (χ1n) is 4.56. The molecule has 2 N–H and O–H groups in total. The molecule has 0 amide bonds. The quantitative estimate of drug-likeness (QED) is 0.811. The summed E-state index contributed by atoms with van der Waals surface area (Å²) < 4.78 is 1.32. The lowest BCUT2D eigenvalue weighted by atomic mass is 10.1. The number of rotatable bonds is 1. The number of hydrogen-bond donors (Lipinski definition) is 1. The van der Waals surface area contributed by atoms with Crippen molar-refractivity contribution in [3.05, 3.63) is 32.2 Å². The van der Waals surface area contributed by atoms with Crippen molar-refractivity contribution in [3.8, 4) is 11.3 Å². The van der Waals surface area contributed by atoms with E-state index in [0.717, 1.165) is 11.3 Å². The summed E-state index contributed by atoms with van der Waals surface area (Å²) in [5, 5.41) is 2.62. The lowest BCUT2D eigenvalue weighted by Gasteiger charge is -2.05. The molecule has 15 heavy (non-hydrogen) atoms. The van der Waals surface area contributed by atoms with Gasteiger partial charge in [0.1, 0.15) is 0 Å². The van der Waals surface area contributed by atoms with Crippen molar-refractivity contribution in [2.45, 2.75) is 13.8 Å². The zero-order chi connectivity index (χ0) is 11.0. The average Bonchev–Trinajstić information content (AvgIpc) is 2.60. The van der Waals surface area contributed by atoms with Crippen molar-refractivity contribution in [1.82, 2.24) is 4.98 Å². The Morgan fingerprint density at radius 2 is 1.87 bits per heavy atom. The Bertz CT molecular complexity index is 482. The molecule has 0 atom stereocenters. The summed E-state index contributed by atoms with van der Waals surface area (Å²) >= 11 is 3.85. The third-order valence-corrected chi connectivity index (χ3v) is 4.63. The summed E-state index contributed by atoms with van der Waals surface area (Å²) in [4.78, 5) is 4.29. The van der Waals surface area contributed by atoms with Crippen molar-refractivity contribution >= 4 is 39.1 Å². The van der Waals surface area contributed by atoms with Crippen molar-refractivity contribution < 1.29 is 0 Å². The number of nitrogen functional groups attached to an aromatic ring is 1. The van der Waals surface area contributed by atoms with Crippen molar-refractivity contribution in [3.63, 3.8) is 0 Å². The fourth-order valence-electron chi connectivity index (χ4n) is 1.51. The second-order valence-corrected chi connectivity index (χ2v) is 5.46. The molecule has 2 rings (SSSR count). The molecule has 0 bridgehead atoms. The third-order valence-electron chi connectivity index (χ3n) is 2.25. The minimum Gasteiger partial charge on any atom is -0.375 e. The molecule has 0 saturated carbocycles. The number of anilines is 1. The van der Waals surface area contributed by atoms with E-state index in [1.165, 1.54) is 26.0 Å². The highest BCUT2D eigenvalue weighted by Crippen LogP contribution is 2.27. The van der Waals surface area contributed by atoms with Crippen LogP contribution in [0, 0.1) is 17.4 Å². The fourth-order valence-corrected chi connectivity index (χ4v) is 2.40. The fraction of sp³-hybridized carbons (Fsp3) is 0.182. The van der Waals surface area contributed by atoms with E-state index in [-0.39, 0.29) is 0 Å². The Balaban J connectivity index is 2.55. The van der Waals surface area contributed by atoms with Crippen LogP contribution in [-0.4, -0.2) is 4.98 Å². The van der Waals surface area contributed by atoms with Crippen LogP contribution in [0.1, 0.15) is 11.1 Å². The van der Waals surface area contributed by atoms with E-state index in [1.54, 1.807) is 0 Å². The van der Waals surface area contributed by atoms with Gasteiger partial charge in [0.05, 0.1) is 5.69 Å². The van der Waals surface area contributed by atoms with Gasteiger partial charge < -0.3 is 5.73 Å². The van der Waals surface area contributed by atoms with Crippen LogP contribution in [0.5, 0.6) is 0 Å². The Labute approximate surface area is 107 Å². The van der Waals surface area contributed by atoms with Crippen LogP contribution in [0.3, 0.4) is 0 Å². The lowest BCUT2D eigenvalue weighted by Crippen LogP contribution is -1.89. The highest BCUT2D eigenvalue weighted by Gasteiger charge is 2.06. The van der Waals surface area contributed by atoms with Crippen molar-refractivity contribution in [1.29, 1.82) is 0 Å². The standard InChI is InChI=1S/C11H11IN2S/c1-6-3-8(4-7(2)10(6)12)9-5-15-11(13)14-9/h3-5H,1-2H3,(H2,13,14). The number of nitrogens with two attached hydrogens (primary N) is 1. The van der Waals surface area contributed by atoms with Crippen LogP contribution in [0.4, 0.5) is 5.13 Å². The van der Waals surface area contributed by atoms with Gasteiger partial charge in [-0.1, -0.05) is 0 Å². The minimum absolute atomic E-state index is 0.624. The molecular weight excluding hydrogens is 319 g/mol. The number of benzene rings is 1. The monoisotopic (exact) mass is 330 g/mol. The molecule has 0 aliphatic heterocycles. The van der Waals surface area contributed by atoms with E-state index in [9.17, 15) is 0 Å². The van der Waals surface area contributed by atoms with Crippen LogP contribution in [0.15, 0.2) is 17.5 Å². The van der Waals surface area contributed by atoms with E-state index in [2.05, 4.69) is 53.6 Å². The smallest absolute Gasteiger partial charge is 0.180 e. The van der Waals surface area contributed by atoms with Gasteiger partial charge in [0.15, 0.2) is 5.13 Å². The molecule has 2 aromatic rings. The molecule has 0 spiro atoms. The van der Waals surface area contributed by atoms with Gasteiger partial charge in [0.25, 0.3) is 0 Å². The molecule has 1 aromatic heterocycles. The van der Waals surface area contributed by atoms with E-state index < -0.39 is 0 Å². The van der Waals surface area contributed by atoms with Gasteiger partial charge in [-0.3, -0.25) is 0 Å². The summed E-state index contributed by atoms with van der Waals surface area (Å²) in [5.41, 5.74) is 10.3. The molecule has 0 aliphatic carbocycles. The van der Waals surface area contributed by atoms with Crippen molar-refractivity contribution in [2.24, 2.45) is 0 Å². The average molecular weight is 330 g/mol. The van der Waals surface area contributed by atoms with E-state index in [4.69, 9.17) is 5.73 Å². The number of halogens is 1. The molecule has 0 fully saturated rings. The zero-order valence-corrected chi connectivity index (χ0v) is 11.5. The first-order valence-corrected chi connectivity index (χ1v) is 6.52. The van der Waals surface area contributed by atoms with Crippen LogP contribution >= 0.6 is 33.9 Å². The number of nitrogens with zero attached hydrogens (tertiary/aromatic N) is 1. The highest BCUT2D eigenvalue weighted by molar-refractivity contribution is 14.1. The Hall–Kier alpha value is -0.620. The maximum absolute atomic E-state index is 5.63. The Kier molecular flexibility index (Phi) is 2.97. The number of hydrogen-bond acceptors (Lipinski definition) is 3. The lowest BCUT2D eigenvalue weighted by molar-refractivity contribution is 1.32. The van der Waals surface area contributed by atoms with E-state index in [1.807, 2.05) is 5.38 Å². The molecular formula is C11H11IN2S. The molecule has 2 nitrogen and oxygen atoms in total. The molecule has 4 heteroatoms. The summed E-state index contributed by atoms with van der Waals surface area (Å²) in [6.07, 6.45) is 0. The topological polar surface area (TPSA) is 38.9 Å².